The lowest BCUT2D eigenvalue weighted by Crippen LogP contribution is -2.27. The van der Waals surface area contributed by atoms with Gasteiger partial charge in [-0.15, -0.1) is 6.58 Å². The minimum absolute atomic E-state index is 0.0520. The van der Waals surface area contributed by atoms with Crippen molar-refractivity contribution in [2.75, 3.05) is 0 Å². The fraction of sp³-hybridized carbons (Fsp3) is 0.308. The van der Waals surface area contributed by atoms with Crippen molar-refractivity contribution in [2.24, 2.45) is 0 Å². The maximum Gasteiger partial charge on any atom is 0.220 e. The van der Waals surface area contributed by atoms with Crippen molar-refractivity contribution in [1.82, 2.24) is 5.32 Å². The van der Waals surface area contributed by atoms with E-state index < -0.39 is 0 Å². The predicted molar refractivity (Wildman–Crippen MR) is 62.4 cm³/mol. The van der Waals surface area contributed by atoms with Gasteiger partial charge in [-0.1, -0.05) is 43.3 Å². The molecule has 0 fully saturated rings. The van der Waals surface area contributed by atoms with E-state index in [0.29, 0.717) is 6.42 Å². The molecule has 1 rings (SSSR count). The molecule has 0 spiro atoms. The number of carbonyl (C=O) groups excluding carboxylic acids is 1. The normalized spacial score (nSPS) is 11.8. The van der Waals surface area contributed by atoms with Gasteiger partial charge in [0.05, 0.1) is 6.04 Å². The van der Waals surface area contributed by atoms with Gasteiger partial charge in [-0.05, 0) is 12.0 Å². The summed E-state index contributed by atoms with van der Waals surface area (Å²) in [4.78, 5) is 11.3. The van der Waals surface area contributed by atoms with Crippen molar-refractivity contribution >= 4 is 5.91 Å². The Morgan fingerprint density at radius 2 is 2.13 bits per heavy atom. The van der Waals surface area contributed by atoms with Gasteiger partial charge in [-0.3, -0.25) is 4.79 Å². The second-order valence-corrected chi connectivity index (χ2v) is 3.41. The Balaban J connectivity index is 2.74. The predicted octanol–water partition coefficient (Wildman–Crippen LogP) is 2.83. The van der Waals surface area contributed by atoms with E-state index in [-0.39, 0.29) is 11.9 Å². The van der Waals surface area contributed by atoms with Crippen LogP contribution in [0.2, 0.25) is 0 Å². The van der Waals surface area contributed by atoms with Gasteiger partial charge in [0, 0.05) is 6.42 Å². The second kappa shape index (κ2) is 6.02. The molecule has 0 aliphatic heterocycles. The van der Waals surface area contributed by atoms with Crippen LogP contribution in [0.4, 0.5) is 0 Å². The van der Waals surface area contributed by atoms with Crippen molar-refractivity contribution < 1.29 is 4.79 Å². The van der Waals surface area contributed by atoms with Crippen LogP contribution in [-0.2, 0) is 4.79 Å². The number of benzene rings is 1. The Morgan fingerprint density at radius 3 is 2.67 bits per heavy atom. The third-order valence-corrected chi connectivity index (χ3v) is 2.26. The summed E-state index contributed by atoms with van der Waals surface area (Å²) in [5, 5.41) is 2.97. The first-order chi connectivity index (χ1) is 7.27. The minimum Gasteiger partial charge on any atom is -0.349 e. The zero-order chi connectivity index (χ0) is 11.1. The quantitative estimate of drug-likeness (QED) is 0.732. The zero-order valence-corrected chi connectivity index (χ0v) is 9.07. The molecular formula is C13H17NO. The summed E-state index contributed by atoms with van der Waals surface area (Å²) in [5.41, 5.74) is 1.12. The van der Waals surface area contributed by atoms with Crippen LogP contribution >= 0.6 is 0 Å². The molecule has 1 aromatic carbocycles. The highest BCUT2D eigenvalue weighted by Crippen LogP contribution is 2.16. The highest BCUT2D eigenvalue weighted by molar-refractivity contribution is 5.76. The van der Waals surface area contributed by atoms with Crippen LogP contribution in [0.3, 0.4) is 0 Å². The maximum absolute atomic E-state index is 11.3. The molecule has 0 aromatic heterocycles. The molecule has 0 radical (unpaired) electrons. The minimum atomic E-state index is 0.0520. The average molecular weight is 203 g/mol. The number of hydrogen-bond acceptors (Lipinski definition) is 1. The van der Waals surface area contributed by atoms with E-state index in [1.54, 1.807) is 0 Å². The summed E-state index contributed by atoms with van der Waals surface area (Å²) in [5.74, 6) is 0.0747. The van der Waals surface area contributed by atoms with E-state index in [9.17, 15) is 4.79 Å². The molecule has 1 amide bonds. The van der Waals surface area contributed by atoms with Gasteiger partial charge in [0.15, 0.2) is 0 Å². The van der Waals surface area contributed by atoms with Gasteiger partial charge in [0.25, 0.3) is 0 Å². The summed E-state index contributed by atoms with van der Waals surface area (Å²) in [6, 6.07) is 10.0. The second-order valence-electron chi connectivity index (χ2n) is 3.41. The van der Waals surface area contributed by atoms with E-state index in [1.165, 1.54) is 0 Å². The van der Waals surface area contributed by atoms with Gasteiger partial charge >= 0.3 is 0 Å². The summed E-state index contributed by atoms with van der Waals surface area (Å²) >= 11 is 0. The molecule has 0 aliphatic carbocycles. The van der Waals surface area contributed by atoms with E-state index in [4.69, 9.17) is 0 Å². The third kappa shape index (κ3) is 3.58. The largest absolute Gasteiger partial charge is 0.349 e. The maximum atomic E-state index is 11.3. The Morgan fingerprint density at radius 1 is 1.47 bits per heavy atom. The molecule has 0 aliphatic rings. The van der Waals surface area contributed by atoms with Gasteiger partial charge in [-0.2, -0.15) is 0 Å². The lowest BCUT2D eigenvalue weighted by atomic mass is 10.0. The summed E-state index contributed by atoms with van der Waals surface area (Å²) in [6.45, 7) is 5.56. The number of carbonyl (C=O) groups is 1. The monoisotopic (exact) mass is 203 g/mol. The lowest BCUT2D eigenvalue weighted by Gasteiger charge is -2.17. The van der Waals surface area contributed by atoms with Crippen molar-refractivity contribution in [1.29, 1.82) is 0 Å². The first-order valence-corrected chi connectivity index (χ1v) is 5.23. The number of rotatable bonds is 5. The average Bonchev–Trinajstić information content (AvgIpc) is 2.29. The van der Waals surface area contributed by atoms with E-state index in [2.05, 4.69) is 11.9 Å². The van der Waals surface area contributed by atoms with Gasteiger partial charge < -0.3 is 5.32 Å². The van der Waals surface area contributed by atoms with E-state index in [0.717, 1.165) is 12.0 Å². The molecule has 1 N–H and O–H groups in total. The fourth-order valence-corrected chi connectivity index (χ4v) is 1.43. The van der Waals surface area contributed by atoms with Crippen molar-refractivity contribution in [3.8, 4) is 0 Å². The Kier molecular flexibility index (Phi) is 4.61. The highest BCUT2D eigenvalue weighted by atomic mass is 16.1. The number of hydrogen-bond donors (Lipinski definition) is 1. The topological polar surface area (TPSA) is 29.1 Å². The van der Waals surface area contributed by atoms with Crippen molar-refractivity contribution in [3.05, 3.63) is 48.6 Å². The summed E-state index contributed by atoms with van der Waals surface area (Å²) in [7, 11) is 0. The SMILES string of the molecule is C=CC[C@@H](NC(=O)CC)c1ccccc1. The van der Waals surface area contributed by atoms with Crippen LogP contribution in [0.5, 0.6) is 0 Å². The summed E-state index contributed by atoms with van der Waals surface area (Å²) in [6.07, 6.45) is 3.10. The molecule has 0 bridgehead atoms. The van der Waals surface area contributed by atoms with Crippen LogP contribution in [0.25, 0.3) is 0 Å². The lowest BCUT2D eigenvalue weighted by molar-refractivity contribution is -0.121. The van der Waals surface area contributed by atoms with Gasteiger partial charge in [0.1, 0.15) is 0 Å². The molecule has 0 unspecified atom stereocenters. The molecule has 15 heavy (non-hydrogen) atoms. The third-order valence-electron chi connectivity index (χ3n) is 2.26. The fourth-order valence-electron chi connectivity index (χ4n) is 1.43. The van der Waals surface area contributed by atoms with Crippen LogP contribution in [0, 0.1) is 0 Å². The van der Waals surface area contributed by atoms with E-state index >= 15 is 0 Å². The molecule has 0 saturated heterocycles. The molecule has 0 heterocycles. The molecule has 0 saturated carbocycles. The van der Waals surface area contributed by atoms with Crippen molar-refractivity contribution in [2.45, 2.75) is 25.8 Å². The van der Waals surface area contributed by atoms with Gasteiger partial charge in [-0.25, -0.2) is 0 Å². The standard InChI is InChI=1S/C13H17NO/c1-3-8-12(14-13(15)4-2)11-9-6-5-7-10-11/h3,5-7,9-10,12H,1,4,8H2,2H3,(H,14,15)/t12-/m1/s1. The number of amides is 1. The first kappa shape index (κ1) is 11.5. The molecular weight excluding hydrogens is 186 g/mol. The zero-order valence-electron chi connectivity index (χ0n) is 9.07. The Labute approximate surface area is 91.0 Å². The Hall–Kier alpha value is -1.57. The first-order valence-electron chi connectivity index (χ1n) is 5.23. The van der Waals surface area contributed by atoms with Crippen LogP contribution in [-0.4, -0.2) is 5.91 Å². The van der Waals surface area contributed by atoms with Crippen LogP contribution in [0.1, 0.15) is 31.4 Å². The summed E-state index contributed by atoms with van der Waals surface area (Å²) < 4.78 is 0. The van der Waals surface area contributed by atoms with Crippen LogP contribution in [0.15, 0.2) is 43.0 Å². The van der Waals surface area contributed by atoms with E-state index in [1.807, 2.05) is 43.3 Å². The molecule has 80 valence electrons. The highest BCUT2D eigenvalue weighted by Gasteiger charge is 2.10. The molecule has 1 aromatic rings. The van der Waals surface area contributed by atoms with Crippen molar-refractivity contribution in [3.63, 3.8) is 0 Å². The van der Waals surface area contributed by atoms with Gasteiger partial charge in [0.2, 0.25) is 5.91 Å². The molecule has 2 nitrogen and oxygen atoms in total. The number of nitrogens with one attached hydrogen (secondary N) is 1. The molecule has 2 heteroatoms. The van der Waals surface area contributed by atoms with Crippen LogP contribution < -0.4 is 5.32 Å². The smallest absolute Gasteiger partial charge is 0.220 e. The molecule has 1 atom stereocenters. The Bertz CT molecular complexity index is 319.